The number of amides is 1. The summed E-state index contributed by atoms with van der Waals surface area (Å²) in [5, 5.41) is 8.62. The van der Waals surface area contributed by atoms with Crippen LogP contribution in [-0.2, 0) is 0 Å². The summed E-state index contributed by atoms with van der Waals surface area (Å²) in [7, 11) is 1.58. The molecule has 0 atom stereocenters. The number of methoxy groups -OCH3 is 1. The Kier molecular flexibility index (Phi) is 5.47. The second-order valence-electron chi connectivity index (χ2n) is 8.06. The molecule has 7 heteroatoms. The summed E-state index contributed by atoms with van der Waals surface area (Å²) in [5.74, 6) is 1.88. The van der Waals surface area contributed by atoms with Gasteiger partial charge in [-0.3, -0.25) is 9.48 Å². The number of carbonyl (C=O) groups excluding carboxylic acids is 1. The number of fused-ring (bicyclic) bond motifs is 1. The largest absolute Gasteiger partial charge is 0.494 e. The first kappa shape index (κ1) is 19.4. The molecule has 0 bridgehead atoms. The number of ether oxygens (including phenoxy) is 1. The van der Waals surface area contributed by atoms with Gasteiger partial charge in [0.15, 0.2) is 0 Å². The topological polar surface area (TPSA) is 81.9 Å². The fourth-order valence-electron chi connectivity index (χ4n) is 4.15. The number of hydrogen-bond donors (Lipinski definition) is 1. The van der Waals surface area contributed by atoms with Crippen molar-refractivity contribution in [3.8, 4) is 5.75 Å². The Morgan fingerprint density at radius 3 is 2.55 bits per heavy atom. The van der Waals surface area contributed by atoms with E-state index in [1.165, 1.54) is 12.8 Å². The van der Waals surface area contributed by atoms with Gasteiger partial charge in [-0.1, -0.05) is 13.8 Å². The normalized spacial score (nSPS) is 19.4. The van der Waals surface area contributed by atoms with Crippen molar-refractivity contribution in [1.29, 1.82) is 0 Å². The van der Waals surface area contributed by atoms with Crippen LogP contribution in [0.25, 0.3) is 10.9 Å². The Morgan fingerprint density at radius 2 is 1.90 bits per heavy atom. The lowest BCUT2D eigenvalue weighted by atomic mass is 9.80. The predicted octanol–water partition coefficient (Wildman–Crippen LogP) is 4.47. The summed E-state index contributed by atoms with van der Waals surface area (Å²) < 4.78 is 7.57. The number of benzene rings is 1. The molecule has 1 fully saturated rings. The number of carbonyl (C=O) groups is 1. The van der Waals surface area contributed by atoms with Crippen LogP contribution in [0, 0.1) is 11.8 Å². The molecular formula is C22H27N5O2. The third-order valence-corrected chi connectivity index (χ3v) is 5.92. The van der Waals surface area contributed by atoms with Gasteiger partial charge in [0.2, 0.25) is 5.82 Å². The lowest BCUT2D eigenvalue weighted by molar-refractivity contribution is 0.101. The van der Waals surface area contributed by atoms with Gasteiger partial charge in [-0.05, 0) is 49.7 Å². The zero-order chi connectivity index (χ0) is 20.4. The summed E-state index contributed by atoms with van der Waals surface area (Å²) in [5.41, 5.74) is 1.45. The lowest BCUT2D eigenvalue weighted by Crippen LogP contribution is -2.21. The van der Waals surface area contributed by atoms with Gasteiger partial charge in [0.05, 0.1) is 24.4 Å². The monoisotopic (exact) mass is 393 g/mol. The Balaban J connectivity index is 1.57. The fraction of sp³-hybridized carbons (Fsp3) is 0.455. The molecule has 1 N–H and O–H groups in total. The Labute approximate surface area is 170 Å². The minimum atomic E-state index is -0.373. The minimum Gasteiger partial charge on any atom is -0.494 e. The Hall–Kier alpha value is -2.96. The molecule has 0 spiro atoms. The molecule has 1 amide bonds. The van der Waals surface area contributed by atoms with Crippen molar-refractivity contribution in [3.05, 3.63) is 42.6 Å². The first-order valence-corrected chi connectivity index (χ1v) is 10.2. The Morgan fingerprint density at radius 1 is 1.17 bits per heavy atom. The van der Waals surface area contributed by atoms with Gasteiger partial charge in [0.1, 0.15) is 5.75 Å². The molecule has 1 aromatic carbocycles. The van der Waals surface area contributed by atoms with Crippen molar-refractivity contribution >= 4 is 22.5 Å². The average Bonchev–Trinajstić information content (AvgIpc) is 3.16. The highest BCUT2D eigenvalue weighted by atomic mass is 16.5. The van der Waals surface area contributed by atoms with Crippen molar-refractivity contribution in [2.24, 2.45) is 11.8 Å². The minimum absolute atomic E-state index is 0.118. The van der Waals surface area contributed by atoms with Gasteiger partial charge in [-0.25, -0.2) is 9.97 Å². The predicted molar refractivity (Wildman–Crippen MR) is 112 cm³/mol. The molecule has 3 aromatic rings. The van der Waals surface area contributed by atoms with E-state index in [1.54, 1.807) is 25.6 Å². The number of nitrogens with zero attached hydrogens (tertiary/aromatic N) is 4. The molecule has 4 rings (SSSR count). The molecule has 0 aliphatic heterocycles. The van der Waals surface area contributed by atoms with Crippen molar-refractivity contribution < 1.29 is 9.53 Å². The van der Waals surface area contributed by atoms with E-state index in [2.05, 4.69) is 40.0 Å². The van der Waals surface area contributed by atoms with Crippen molar-refractivity contribution in [2.45, 2.75) is 45.6 Å². The van der Waals surface area contributed by atoms with E-state index in [-0.39, 0.29) is 11.7 Å². The summed E-state index contributed by atoms with van der Waals surface area (Å²) in [6.45, 7) is 4.63. The summed E-state index contributed by atoms with van der Waals surface area (Å²) in [6, 6.07) is 5.87. The van der Waals surface area contributed by atoms with Gasteiger partial charge < -0.3 is 10.1 Å². The van der Waals surface area contributed by atoms with Gasteiger partial charge in [0.25, 0.3) is 5.91 Å². The van der Waals surface area contributed by atoms with Crippen LogP contribution in [0.2, 0.25) is 0 Å². The fourth-order valence-corrected chi connectivity index (χ4v) is 4.15. The molecule has 29 heavy (non-hydrogen) atoms. The van der Waals surface area contributed by atoms with Crippen molar-refractivity contribution in [2.75, 3.05) is 12.4 Å². The Bertz CT molecular complexity index is 991. The number of anilines is 1. The van der Waals surface area contributed by atoms with E-state index in [1.807, 2.05) is 12.1 Å². The second kappa shape index (κ2) is 8.19. The van der Waals surface area contributed by atoms with Crippen LogP contribution in [-0.4, -0.2) is 32.8 Å². The van der Waals surface area contributed by atoms with Crippen LogP contribution in [0.15, 0.2) is 36.8 Å². The molecule has 0 saturated heterocycles. The van der Waals surface area contributed by atoms with Crippen LogP contribution in [0.3, 0.4) is 0 Å². The first-order chi connectivity index (χ1) is 14.0. The van der Waals surface area contributed by atoms with Gasteiger partial charge in [-0.15, -0.1) is 0 Å². The molecule has 1 aliphatic carbocycles. The highest BCUT2D eigenvalue weighted by molar-refractivity contribution is 6.03. The first-order valence-electron chi connectivity index (χ1n) is 10.2. The van der Waals surface area contributed by atoms with E-state index in [0.717, 1.165) is 35.6 Å². The summed E-state index contributed by atoms with van der Waals surface area (Å²) >= 11 is 0. The zero-order valence-electron chi connectivity index (χ0n) is 17.1. The van der Waals surface area contributed by atoms with E-state index >= 15 is 0 Å². The van der Waals surface area contributed by atoms with Gasteiger partial charge in [0, 0.05) is 30.0 Å². The third kappa shape index (κ3) is 4.09. The van der Waals surface area contributed by atoms with Gasteiger partial charge in [-0.2, -0.15) is 5.10 Å². The molecule has 2 heterocycles. The molecular weight excluding hydrogens is 366 g/mol. The number of aromatic nitrogens is 4. The molecule has 0 unspecified atom stereocenters. The van der Waals surface area contributed by atoms with Crippen molar-refractivity contribution in [3.63, 3.8) is 0 Å². The lowest BCUT2D eigenvalue weighted by Gasteiger charge is -2.30. The maximum absolute atomic E-state index is 12.4. The molecule has 152 valence electrons. The number of hydrogen-bond acceptors (Lipinski definition) is 5. The van der Waals surface area contributed by atoms with Crippen LogP contribution in [0.1, 0.15) is 56.2 Å². The maximum atomic E-state index is 12.4. The van der Waals surface area contributed by atoms with Crippen LogP contribution >= 0.6 is 0 Å². The molecule has 1 aliphatic rings. The molecule has 0 radical (unpaired) electrons. The average molecular weight is 393 g/mol. The highest BCUT2D eigenvalue weighted by Gasteiger charge is 2.25. The second-order valence-corrected chi connectivity index (χ2v) is 8.06. The number of nitrogens with one attached hydrogen (secondary N) is 1. The highest BCUT2D eigenvalue weighted by Crippen LogP contribution is 2.37. The smallest absolute Gasteiger partial charge is 0.293 e. The summed E-state index contributed by atoms with van der Waals surface area (Å²) in [4.78, 5) is 20.4. The van der Waals surface area contributed by atoms with Crippen LogP contribution < -0.4 is 10.1 Å². The van der Waals surface area contributed by atoms with Crippen LogP contribution in [0.4, 0.5) is 5.69 Å². The van der Waals surface area contributed by atoms with E-state index < -0.39 is 0 Å². The number of rotatable bonds is 5. The maximum Gasteiger partial charge on any atom is 0.293 e. The van der Waals surface area contributed by atoms with E-state index in [9.17, 15) is 4.79 Å². The molecule has 1 saturated carbocycles. The van der Waals surface area contributed by atoms with Gasteiger partial charge >= 0.3 is 0 Å². The molecule has 7 nitrogen and oxygen atoms in total. The van der Waals surface area contributed by atoms with Crippen molar-refractivity contribution in [1.82, 2.24) is 19.7 Å². The van der Waals surface area contributed by atoms with E-state index in [0.29, 0.717) is 17.5 Å². The summed E-state index contributed by atoms with van der Waals surface area (Å²) in [6.07, 6.45) is 9.97. The van der Waals surface area contributed by atoms with E-state index in [4.69, 9.17) is 9.84 Å². The SMILES string of the molecule is COc1cc2nn(C3CCC(C(C)C)CC3)cc2cc1NC(=O)c1ncccn1. The van der Waals surface area contributed by atoms with Crippen LogP contribution in [0.5, 0.6) is 5.75 Å². The molecule has 2 aromatic heterocycles. The third-order valence-electron chi connectivity index (χ3n) is 5.92. The zero-order valence-corrected chi connectivity index (χ0v) is 17.1. The quantitative estimate of drug-likeness (QED) is 0.691. The standard InChI is InChI=1S/C22H27N5O2/c1-14(2)15-5-7-17(8-6-15)27-13-16-11-19(20(29-3)12-18(16)26-27)25-22(28)21-23-9-4-10-24-21/h4,9-15,17H,5-8H2,1-3H3,(H,25,28).